The molecular formula is C14H26N2O2. The van der Waals surface area contributed by atoms with Crippen LogP contribution in [0.1, 0.15) is 46.0 Å². The van der Waals surface area contributed by atoms with E-state index < -0.39 is 0 Å². The molecule has 0 aromatic heterocycles. The number of carbonyl (C=O) groups is 1. The summed E-state index contributed by atoms with van der Waals surface area (Å²) in [6.07, 6.45) is 6.02. The van der Waals surface area contributed by atoms with E-state index in [1.54, 1.807) is 0 Å². The second kappa shape index (κ2) is 6.53. The van der Waals surface area contributed by atoms with Gasteiger partial charge in [-0.15, -0.1) is 0 Å². The molecule has 2 atom stereocenters. The molecule has 1 aliphatic heterocycles. The molecule has 0 aromatic rings. The van der Waals surface area contributed by atoms with Crippen LogP contribution in [0.2, 0.25) is 0 Å². The van der Waals surface area contributed by atoms with Crippen molar-refractivity contribution >= 4 is 5.91 Å². The molecule has 2 rings (SSSR count). The van der Waals surface area contributed by atoms with Crippen LogP contribution < -0.4 is 10.6 Å². The summed E-state index contributed by atoms with van der Waals surface area (Å²) >= 11 is 0. The molecular weight excluding hydrogens is 228 g/mol. The van der Waals surface area contributed by atoms with Crippen LogP contribution in [-0.2, 0) is 9.53 Å². The fraction of sp³-hybridized carbons (Fsp3) is 0.929. The molecule has 0 spiro atoms. The van der Waals surface area contributed by atoms with Crippen molar-refractivity contribution in [2.24, 2.45) is 5.92 Å². The normalized spacial score (nSPS) is 37.2. The number of rotatable bonds is 3. The van der Waals surface area contributed by atoms with Crippen LogP contribution in [0.15, 0.2) is 0 Å². The van der Waals surface area contributed by atoms with Crippen molar-refractivity contribution in [2.45, 2.75) is 64.1 Å². The summed E-state index contributed by atoms with van der Waals surface area (Å²) in [5, 5.41) is 6.42. The van der Waals surface area contributed by atoms with Gasteiger partial charge in [0.1, 0.15) is 6.04 Å². The standard InChI is InChI=1S/C14H26N2O2/c1-3-11-4-6-12(7-5-11)16-14(17)13-10(2)18-9-8-15-13/h10-13,15H,3-9H2,1-2H3,(H,16,17)/t10-,11?,12?,13+/m1/s1. The third-order valence-corrected chi connectivity index (χ3v) is 4.37. The molecule has 2 N–H and O–H groups in total. The SMILES string of the molecule is CCC1CCC(NC(=O)[C@H]2NCCO[C@@H]2C)CC1. The highest BCUT2D eigenvalue weighted by Crippen LogP contribution is 2.26. The minimum Gasteiger partial charge on any atom is -0.375 e. The number of carbonyl (C=O) groups excluding carboxylic acids is 1. The van der Waals surface area contributed by atoms with E-state index in [4.69, 9.17) is 4.74 Å². The number of amides is 1. The molecule has 1 amide bonds. The fourth-order valence-electron chi connectivity index (χ4n) is 3.03. The zero-order valence-electron chi connectivity index (χ0n) is 11.6. The molecule has 4 nitrogen and oxygen atoms in total. The average Bonchev–Trinajstić information content (AvgIpc) is 2.40. The molecule has 1 saturated carbocycles. The van der Waals surface area contributed by atoms with E-state index in [9.17, 15) is 4.79 Å². The number of nitrogens with one attached hydrogen (secondary N) is 2. The van der Waals surface area contributed by atoms with Gasteiger partial charge in [-0.1, -0.05) is 13.3 Å². The Bertz CT molecular complexity index is 275. The largest absolute Gasteiger partial charge is 0.375 e. The summed E-state index contributed by atoms with van der Waals surface area (Å²) in [5.74, 6) is 0.982. The average molecular weight is 254 g/mol. The quantitative estimate of drug-likeness (QED) is 0.801. The van der Waals surface area contributed by atoms with Crippen molar-refractivity contribution in [2.75, 3.05) is 13.2 Å². The molecule has 104 valence electrons. The summed E-state index contributed by atoms with van der Waals surface area (Å²) in [4.78, 5) is 12.2. The molecule has 0 aromatic carbocycles. The lowest BCUT2D eigenvalue weighted by molar-refractivity contribution is -0.129. The van der Waals surface area contributed by atoms with Crippen LogP contribution in [0.3, 0.4) is 0 Å². The van der Waals surface area contributed by atoms with E-state index in [0.29, 0.717) is 12.6 Å². The first-order valence-electron chi connectivity index (χ1n) is 7.36. The fourth-order valence-corrected chi connectivity index (χ4v) is 3.03. The van der Waals surface area contributed by atoms with Gasteiger partial charge in [-0.25, -0.2) is 0 Å². The summed E-state index contributed by atoms with van der Waals surface area (Å²) < 4.78 is 5.51. The van der Waals surface area contributed by atoms with Crippen LogP contribution in [0.4, 0.5) is 0 Å². The van der Waals surface area contributed by atoms with Gasteiger partial charge in [-0.2, -0.15) is 0 Å². The van der Waals surface area contributed by atoms with Crippen LogP contribution in [-0.4, -0.2) is 37.2 Å². The lowest BCUT2D eigenvalue weighted by Crippen LogP contribution is -2.57. The van der Waals surface area contributed by atoms with Gasteiger partial charge in [0.15, 0.2) is 0 Å². The molecule has 1 heterocycles. The van der Waals surface area contributed by atoms with E-state index in [1.165, 1.54) is 19.3 Å². The molecule has 0 unspecified atom stereocenters. The smallest absolute Gasteiger partial charge is 0.240 e. The van der Waals surface area contributed by atoms with Gasteiger partial charge < -0.3 is 15.4 Å². The number of ether oxygens (including phenoxy) is 1. The maximum Gasteiger partial charge on any atom is 0.240 e. The highest BCUT2D eigenvalue weighted by Gasteiger charge is 2.30. The van der Waals surface area contributed by atoms with Gasteiger partial charge in [-0.05, 0) is 38.5 Å². The lowest BCUT2D eigenvalue weighted by Gasteiger charge is -2.33. The first-order chi connectivity index (χ1) is 8.70. The molecule has 4 heteroatoms. The minimum absolute atomic E-state index is 0.0225. The monoisotopic (exact) mass is 254 g/mol. The Morgan fingerprint density at radius 3 is 2.67 bits per heavy atom. The maximum absolute atomic E-state index is 12.2. The van der Waals surface area contributed by atoms with Crippen molar-refractivity contribution in [1.82, 2.24) is 10.6 Å². The topological polar surface area (TPSA) is 50.4 Å². The maximum atomic E-state index is 12.2. The van der Waals surface area contributed by atoms with Crippen LogP contribution >= 0.6 is 0 Å². The van der Waals surface area contributed by atoms with Gasteiger partial charge in [0.2, 0.25) is 5.91 Å². The molecule has 0 bridgehead atoms. The predicted octanol–water partition coefficient (Wildman–Crippen LogP) is 1.45. The second-order valence-electron chi connectivity index (χ2n) is 5.64. The van der Waals surface area contributed by atoms with E-state index in [-0.39, 0.29) is 18.1 Å². The highest BCUT2D eigenvalue weighted by atomic mass is 16.5. The summed E-state index contributed by atoms with van der Waals surface area (Å²) in [5.41, 5.74) is 0. The molecule has 1 saturated heterocycles. The third-order valence-electron chi connectivity index (χ3n) is 4.37. The van der Waals surface area contributed by atoms with Gasteiger partial charge in [0.25, 0.3) is 0 Å². The van der Waals surface area contributed by atoms with E-state index >= 15 is 0 Å². The van der Waals surface area contributed by atoms with Crippen molar-refractivity contribution < 1.29 is 9.53 Å². The van der Waals surface area contributed by atoms with Gasteiger partial charge in [0, 0.05) is 12.6 Å². The highest BCUT2D eigenvalue weighted by molar-refractivity contribution is 5.82. The Labute approximate surface area is 110 Å². The Morgan fingerprint density at radius 1 is 1.33 bits per heavy atom. The Hall–Kier alpha value is -0.610. The Balaban J connectivity index is 1.77. The van der Waals surface area contributed by atoms with Gasteiger partial charge in [0.05, 0.1) is 12.7 Å². The number of hydrogen-bond acceptors (Lipinski definition) is 3. The molecule has 18 heavy (non-hydrogen) atoms. The zero-order chi connectivity index (χ0) is 13.0. The number of hydrogen-bond donors (Lipinski definition) is 2. The van der Waals surface area contributed by atoms with Gasteiger partial charge >= 0.3 is 0 Å². The predicted molar refractivity (Wildman–Crippen MR) is 71.4 cm³/mol. The van der Waals surface area contributed by atoms with Crippen LogP contribution in [0.25, 0.3) is 0 Å². The number of morpholine rings is 1. The van der Waals surface area contributed by atoms with E-state index in [2.05, 4.69) is 17.6 Å². The van der Waals surface area contributed by atoms with Crippen LogP contribution in [0.5, 0.6) is 0 Å². The summed E-state index contributed by atoms with van der Waals surface area (Å²) in [7, 11) is 0. The molecule has 2 fully saturated rings. The Morgan fingerprint density at radius 2 is 2.06 bits per heavy atom. The van der Waals surface area contributed by atoms with E-state index in [1.807, 2.05) is 6.92 Å². The first-order valence-corrected chi connectivity index (χ1v) is 7.36. The van der Waals surface area contributed by atoms with Crippen molar-refractivity contribution in [3.8, 4) is 0 Å². The first kappa shape index (κ1) is 13.8. The summed E-state index contributed by atoms with van der Waals surface area (Å²) in [6, 6.07) is 0.193. The summed E-state index contributed by atoms with van der Waals surface area (Å²) in [6.45, 7) is 5.69. The lowest BCUT2D eigenvalue weighted by atomic mass is 9.84. The molecule has 2 aliphatic rings. The second-order valence-corrected chi connectivity index (χ2v) is 5.64. The van der Waals surface area contributed by atoms with E-state index in [0.717, 1.165) is 25.3 Å². The van der Waals surface area contributed by atoms with Gasteiger partial charge in [-0.3, -0.25) is 4.79 Å². The van der Waals surface area contributed by atoms with Crippen LogP contribution in [0, 0.1) is 5.92 Å². The van der Waals surface area contributed by atoms with Crippen molar-refractivity contribution in [3.63, 3.8) is 0 Å². The molecule has 1 aliphatic carbocycles. The zero-order valence-corrected chi connectivity index (χ0v) is 11.6. The third kappa shape index (κ3) is 3.45. The van der Waals surface area contributed by atoms with Crippen molar-refractivity contribution in [1.29, 1.82) is 0 Å². The minimum atomic E-state index is -0.178. The van der Waals surface area contributed by atoms with Crippen molar-refractivity contribution in [3.05, 3.63) is 0 Å². The Kier molecular flexibility index (Phi) is 5.01. The molecule has 0 radical (unpaired) electrons.